The molecule has 2 heterocycles. The third-order valence-corrected chi connectivity index (χ3v) is 3.99. The van der Waals surface area contributed by atoms with Crippen molar-refractivity contribution in [2.45, 2.75) is 31.1 Å². The average molecular weight is 277 g/mol. The van der Waals surface area contributed by atoms with Gasteiger partial charge < -0.3 is 18.8 Å². The number of furan rings is 1. The Balaban J connectivity index is 1.71. The summed E-state index contributed by atoms with van der Waals surface area (Å²) in [5.41, 5.74) is 0.598. The highest BCUT2D eigenvalue weighted by molar-refractivity contribution is 5.94. The van der Waals surface area contributed by atoms with Crippen molar-refractivity contribution in [3.63, 3.8) is 0 Å². The molecule has 2 fully saturated rings. The van der Waals surface area contributed by atoms with Gasteiger partial charge in [0.1, 0.15) is 12.4 Å². The van der Waals surface area contributed by atoms with Crippen molar-refractivity contribution in [1.82, 2.24) is 4.90 Å². The molecular formula is C15H19NO4. The van der Waals surface area contributed by atoms with E-state index >= 15 is 0 Å². The van der Waals surface area contributed by atoms with E-state index in [1.54, 1.807) is 12.1 Å². The number of hydrogen-bond donors (Lipinski definition) is 0. The summed E-state index contributed by atoms with van der Waals surface area (Å²) in [6, 6.07) is 1.80. The quantitative estimate of drug-likeness (QED) is 0.788. The molecule has 1 aromatic heterocycles. The Morgan fingerprint density at radius 3 is 3.20 bits per heavy atom. The zero-order valence-corrected chi connectivity index (χ0v) is 11.4. The summed E-state index contributed by atoms with van der Waals surface area (Å²) in [7, 11) is 0. The van der Waals surface area contributed by atoms with Gasteiger partial charge in [-0.15, -0.1) is 6.58 Å². The standard InChI is InChI=1S/C15H19NO4/c1-2-7-19-13-4-3-12-14(13)20-9-6-16(12)15(17)11-5-8-18-10-11/h2,5,8,10,12-14H,1,3-4,6-7,9H2/t12-,13+,14+/m0/s1. The second-order valence-corrected chi connectivity index (χ2v) is 5.15. The molecule has 0 radical (unpaired) electrons. The lowest BCUT2D eigenvalue weighted by molar-refractivity contribution is -0.100. The molecule has 0 N–H and O–H groups in total. The number of rotatable bonds is 4. The van der Waals surface area contributed by atoms with Gasteiger partial charge in [0.2, 0.25) is 0 Å². The van der Waals surface area contributed by atoms with Crippen LogP contribution in [0.1, 0.15) is 23.2 Å². The normalized spacial score (nSPS) is 29.2. The average Bonchev–Trinajstić information content (AvgIpc) is 3.13. The van der Waals surface area contributed by atoms with Gasteiger partial charge in [-0.25, -0.2) is 0 Å². The van der Waals surface area contributed by atoms with E-state index in [1.165, 1.54) is 12.5 Å². The van der Waals surface area contributed by atoms with Crippen LogP contribution < -0.4 is 0 Å². The molecule has 20 heavy (non-hydrogen) atoms. The minimum atomic E-state index is -0.0282. The maximum atomic E-state index is 12.5. The zero-order valence-electron chi connectivity index (χ0n) is 11.4. The number of ether oxygens (including phenoxy) is 2. The van der Waals surface area contributed by atoms with Gasteiger partial charge in [0.05, 0.1) is 37.2 Å². The van der Waals surface area contributed by atoms with Crippen LogP contribution >= 0.6 is 0 Å². The Morgan fingerprint density at radius 2 is 2.45 bits per heavy atom. The first-order valence-electron chi connectivity index (χ1n) is 6.98. The van der Waals surface area contributed by atoms with E-state index in [0.29, 0.717) is 25.3 Å². The van der Waals surface area contributed by atoms with Crippen LogP contribution in [-0.4, -0.2) is 48.8 Å². The topological polar surface area (TPSA) is 51.9 Å². The fourth-order valence-electron chi connectivity index (χ4n) is 3.09. The lowest BCUT2D eigenvalue weighted by Crippen LogP contribution is -2.53. The Bertz CT molecular complexity index is 470. The maximum Gasteiger partial charge on any atom is 0.257 e. The predicted molar refractivity (Wildman–Crippen MR) is 72.4 cm³/mol. The first-order chi connectivity index (χ1) is 9.81. The van der Waals surface area contributed by atoms with Crippen LogP contribution in [0.2, 0.25) is 0 Å². The minimum Gasteiger partial charge on any atom is -0.472 e. The van der Waals surface area contributed by atoms with Gasteiger partial charge >= 0.3 is 0 Å². The molecule has 0 aromatic carbocycles. The molecule has 1 aromatic rings. The van der Waals surface area contributed by atoms with Crippen LogP contribution in [0.25, 0.3) is 0 Å². The van der Waals surface area contributed by atoms with Crippen molar-refractivity contribution in [2.75, 3.05) is 19.8 Å². The molecule has 108 valence electrons. The van der Waals surface area contributed by atoms with Gasteiger partial charge in [-0.2, -0.15) is 0 Å². The van der Waals surface area contributed by atoms with Gasteiger partial charge in [-0.3, -0.25) is 4.79 Å². The van der Waals surface area contributed by atoms with Crippen molar-refractivity contribution in [3.8, 4) is 0 Å². The van der Waals surface area contributed by atoms with Crippen molar-refractivity contribution in [2.24, 2.45) is 0 Å². The summed E-state index contributed by atoms with van der Waals surface area (Å²) >= 11 is 0. The van der Waals surface area contributed by atoms with Gasteiger partial charge in [0.25, 0.3) is 5.91 Å². The highest BCUT2D eigenvalue weighted by atomic mass is 16.5. The van der Waals surface area contributed by atoms with Crippen molar-refractivity contribution >= 4 is 5.91 Å². The van der Waals surface area contributed by atoms with E-state index in [4.69, 9.17) is 13.9 Å². The van der Waals surface area contributed by atoms with Crippen LogP contribution in [0, 0.1) is 0 Å². The van der Waals surface area contributed by atoms with E-state index in [1.807, 2.05) is 4.90 Å². The van der Waals surface area contributed by atoms with Gasteiger partial charge in [-0.05, 0) is 18.9 Å². The number of amides is 1. The molecule has 3 atom stereocenters. The molecule has 1 amide bonds. The molecule has 1 saturated carbocycles. The third-order valence-electron chi connectivity index (χ3n) is 3.99. The van der Waals surface area contributed by atoms with Gasteiger partial charge in [0.15, 0.2) is 0 Å². The molecular weight excluding hydrogens is 258 g/mol. The highest BCUT2D eigenvalue weighted by Crippen LogP contribution is 2.33. The second-order valence-electron chi connectivity index (χ2n) is 5.15. The number of morpholine rings is 1. The molecule has 3 rings (SSSR count). The Kier molecular flexibility index (Phi) is 3.89. The number of hydrogen-bond acceptors (Lipinski definition) is 4. The Hall–Kier alpha value is -1.59. The van der Waals surface area contributed by atoms with Gasteiger partial charge in [-0.1, -0.05) is 6.08 Å². The SMILES string of the molecule is C=CCO[C@@H]1CC[C@H]2[C@H]1OCCN2C(=O)c1ccoc1. The molecule has 5 nitrogen and oxygen atoms in total. The molecule has 0 bridgehead atoms. The number of nitrogens with zero attached hydrogens (tertiary/aromatic N) is 1. The molecule has 2 aliphatic rings. The largest absolute Gasteiger partial charge is 0.472 e. The van der Waals surface area contributed by atoms with Crippen molar-refractivity contribution < 1.29 is 18.7 Å². The van der Waals surface area contributed by atoms with E-state index in [2.05, 4.69) is 6.58 Å². The first-order valence-corrected chi connectivity index (χ1v) is 6.98. The lowest BCUT2D eigenvalue weighted by atomic mass is 10.1. The van der Waals surface area contributed by atoms with E-state index < -0.39 is 0 Å². The van der Waals surface area contributed by atoms with E-state index in [0.717, 1.165) is 12.8 Å². The summed E-state index contributed by atoms with van der Waals surface area (Å²) < 4.78 is 16.6. The van der Waals surface area contributed by atoms with Crippen LogP contribution in [0.3, 0.4) is 0 Å². The minimum absolute atomic E-state index is 0.0152. The second kappa shape index (κ2) is 5.81. The lowest BCUT2D eigenvalue weighted by Gasteiger charge is -2.38. The van der Waals surface area contributed by atoms with E-state index in [9.17, 15) is 4.79 Å². The zero-order chi connectivity index (χ0) is 13.9. The summed E-state index contributed by atoms with van der Waals surface area (Å²) in [5.74, 6) is 0.0152. The number of carbonyl (C=O) groups excluding carboxylic acids is 1. The molecule has 5 heteroatoms. The van der Waals surface area contributed by atoms with Crippen LogP contribution in [0.5, 0.6) is 0 Å². The summed E-state index contributed by atoms with van der Waals surface area (Å²) in [6.45, 7) is 5.36. The molecule has 1 aliphatic carbocycles. The number of fused-ring (bicyclic) bond motifs is 1. The Labute approximate surface area is 118 Å². The third kappa shape index (κ3) is 2.39. The Morgan fingerprint density at radius 1 is 1.55 bits per heavy atom. The number of carbonyl (C=O) groups is 1. The summed E-state index contributed by atoms with van der Waals surface area (Å²) in [6.07, 6.45) is 6.61. The monoisotopic (exact) mass is 277 g/mol. The molecule has 0 spiro atoms. The smallest absolute Gasteiger partial charge is 0.257 e. The highest BCUT2D eigenvalue weighted by Gasteiger charge is 2.45. The molecule has 1 aliphatic heterocycles. The predicted octanol–water partition coefficient (Wildman–Crippen LogP) is 1.85. The molecule has 0 unspecified atom stereocenters. The fraction of sp³-hybridized carbons (Fsp3) is 0.533. The van der Waals surface area contributed by atoms with Crippen molar-refractivity contribution in [1.29, 1.82) is 0 Å². The molecule has 1 saturated heterocycles. The summed E-state index contributed by atoms with van der Waals surface area (Å²) in [4.78, 5) is 14.4. The van der Waals surface area contributed by atoms with Crippen molar-refractivity contribution in [3.05, 3.63) is 36.8 Å². The van der Waals surface area contributed by atoms with Gasteiger partial charge in [0, 0.05) is 6.54 Å². The van der Waals surface area contributed by atoms with Crippen LogP contribution in [0.4, 0.5) is 0 Å². The fourth-order valence-corrected chi connectivity index (χ4v) is 3.09. The van der Waals surface area contributed by atoms with Crippen LogP contribution in [0.15, 0.2) is 35.7 Å². The first kappa shape index (κ1) is 13.4. The van der Waals surface area contributed by atoms with E-state index in [-0.39, 0.29) is 24.2 Å². The summed E-state index contributed by atoms with van der Waals surface area (Å²) in [5, 5.41) is 0. The maximum absolute atomic E-state index is 12.5. The van der Waals surface area contributed by atoms with Crippen LogP contribution in [-0.2, 0) is 9.47 Å².